The fourth-order valence-electron chi connectivity index (χ4n) is 2.02. The fourth-order valence-corrected chi connectivity index (χ4v) is 2.43. The second-order valence-electron chi connectivity index (χ2n) is 4.98. The normalized spacial score (nSPS) is 14.0. The molecule has 0 aromatic heterocycles. The molecule has 0 aliphatic rings. The molecular formula is C16H17BrFNO. The van der Waals surface area contributed by atoms with E-state index < -0.39 is 5.60 Å². The van der Waals surface area contributed by atoms with Crippen LogP contribution in [-0.2, 0) is 12.1 Å². The highest BCUT2D eigenvalue weighted by molar-refractivity contribution is 9.10. The largest absolute Gasteiger partial charge is 0.384 e. The number of benzene rings is 2. The minimum absolute atomic E-state index is 0.250. The number of hydrogen-bond donors (Lipinski definition) is 2. The predicted octanol–water partition coefficient (Wildman–Crippen LogP) is 3.59. The van der Waals surface area contributed by atoms with Crippen molar-refractivity contribution in [2.75, 3.05) is 6.54 Å². The first kappa shape index (κ1) is 15.2. The number of nitrogens with one attached hydrogen (secondary N) is 1. The molecule has 106 valence electrons. The van der Waals surface area contributed by atoms with Crippen molar-refractivity contribution in [2.45, 2.75) is 19.1 Å². The minimum atomic E-state index is -0.982. The van der Waals surface area contributed by atoms with E-state index >= 15 is 0 Å². The molecule has 0 saturated heterocycles. The van der Waals surface area contributed by atoms with Crippen molar-refractivity contribution in [3.05, 3.63) is 69.9 Å². The predicted molar refractivity (Wildman–Crippen MR) is 81.8 cm³/mol. The lowest BCUT2D eigenvalue weighted by Crippen LogP contribution is -2.35. The number of rotatable bonds is 5. The molecule has 2 rings (SSSR count). The summed E-state index contributed by atoms with van der Waals surface area (Å²) in [5.41, 5.74) is 0.425. The summed E-state index contributed by atoms with van der Waals surface area (Å²) in [4.78, 5) is 0. The first-order valence-electron chi connectivity index (χ1n) is 6.41. The van der Waals surface area contributed by atoms with E-state index in [0.29, 0.717) is 18.7 Å². The lowest BCUT2D eigenvalue weighted by atomic mass is 9.96. The van der Waals surface area contributed by atoms with E-state index in [1.54, 1.807) is 19.1 Å². The highest BCUT2D eigenvalue weighted by Crippen LogP contribution is 2.20. The van der Waals surface area contributed by atoms with E-state index in [4.69, 9.17) is 0 Å². The van der Waals surface area contributed by atoms with E-state index in [2.05, 4.69) is 21.2 Å². The monoisotopic (exact) mass is 337 g/mol. The van der Waals surface area contributed by atoms with Crippen LogP contribution in [0.2, 0.25) is 0 Å². The third kappa shape index (κ3) is 3.88. The Balaban J connectivity index is 1.97. The zero-order valence-corrected chi connectivity index (χ0v) is 12.8. The molecule has 0 fully saturated rings. The van der Waals surface area contributed by atoms with Gasteiger partial charge in [0, 0.05) is 23.1 Å². The molecule has 0 heterocycles. The summed E-state index contributed by atoms with van der Waals surface area (Å²) in [5, 5.41) is 13.5. The Labute approximate surface area is 126 Å². The summed E-state index contributed by atoms with van der Waals surface area (Å²) in [6.07, 6.45) is 0. The van der Waals surface area contributed by atoms with Gasteiger partial charge in [-0.15, -0.1) is 0 Å². The average Bonchev–Trinajstić information content (AvgIpc) is 2.43. The van der Waals surface area contributed by atoms with Gasteiger partial charge in [0.25, 0.3) is 0 Å². The van der Waals surface area contributed by atoms with Crippen LogP contribution in [0.15, 0.2) is 53.0 Å². The van der Waals surface area contributed by atoms with Crippen molar-refractivity contribution in [1.82, 2.24) is 5.32 Å². The number of halogens is 2. The van der Waals surface area contributed by atoms with Crippen LogP contribution in [0, 0.1) is 5.82 Å². The van der Waals surface area contributed by atoms with Crippen LogP contribution in [0.25, 0.3) is 0 Å². The molecule has 0 bridgehead atoms. The lowest BCUT2D eigenvalue weighted by Gasteiger charge is -2.24. The molecule has 0 saturated carbocycles. The molecule has 1 unspecified atom stereocenters. The summed E-state index contributed by atoms with van der Waals surface area (Å²) in [5.74, 6) is -0.250. The minimum Gasteiger partial charge on any atom is -0.384 e. The second kappa shape index (κ2) is 6.48. The highest BCUT2D eigenvalue weighted by atomic mass is 79.9. The third-order valence-corrected chi connectivity index (χ3v) is 3.68. The van der Waals surface area contributed by atoms with Gasteiger partial charge in [-0.2, -0.15) is 0 Å². The molecule has 0 aliphatic carbocycles. The molecule has 0 radical (unpaired) electrons. The van der Waals surface area contributed by atoms with E-state index in [-0.39, 0.29) is 5.82 Å². The number of hydrogen-bond acceptors (Lipinski definition) is 2. The van der Waals surface area contributed by atoms with Crippen molar-refractivity contribution in [3.8, 4) is 0 Å². The second-order valence-corrected chi connectivity index (χ2v) is 5.89. The Bertz CT molecular complexity index is 572. The molecule has 0 aliphatic heterocycles. The molecule has 1 atom stereocenters. The summed E-state index contributed by atoms with van der Waals surface area (Å²) < 4.78 is 14.4. The first-order valence-corrected chi connectivity index (χ1v) is 7.21. The molecular weight excluding hydrogens is 321 g/mol. The van der Waals surface area contributed by atoms with Gasteiger partial charge in [0.1, 0.15) is 5.82 Å². The molecule has 20 heavy (non-hydrogen) atoms. The van der Waals surface area contributed by atoms with E-state index in [1.165, 1.54) is 6.07 Å². The third-order valence-electron chi connectivity index (χ3n) is 3.19. The van der Waals surface area contributed by atoms with Crippen molar-refractivity contribution >= 4 is 15.9 Å². The Morgan fingerprint density at radius 1 is 1.20 bits per heavy atom. The SMILES string of the molecule is CC(O)(CNCc1cc(Br)ccc1F)c1ccccc1. The van der Waals surface area contributed by atoms with Gasteiger partial charge in [-0.25, -0.2) is 4.39 Å². The topological polar surface area (TPSA) is 32.3 Å². The Kier molecular flexibility index (Phi) is 4.91. The van der Waals surface area contributed by atoms with Crippen LogP contribution in [-0.4, -0.2) is 11.7 Å². The van der Waals surface area contributed by atoms with Gasteiger partial charge in [-0.1, -0.05) is 46.3 Å². The zero-order valence-electron chi connectivity index (χ0n) is 11.2. The number of aliphatic hydroxyl groups is 1. The van der Waals surface area contributed by atoms with Gasteiger partial charge in [0.15, 0.2) is 0 Å². The maximum Gasteiger partial charge on any atom is 0.127 e. The van der Waals surface area contributed by atoms with E-state index in [0.717, 1.165) is 10.0 Å². The molecule has 2 nitrogen and oxygen atoms in total. The van der Waals surface area contributed by atoms with Crippen molar-refractivity contribution in [2.24, 2.45) is 0 Å². The smallest absolute Gasteiger partial charge is 0.127 e. The first-order chi connectivity index (χ1) is 9.49. The Hall–Kier alpha value is -1.23. The average molecular weight is 338 g/mol. The standard InChI is InChI=1S/C16H17BrFNO/c1-16(20,13-5-3-2-4-6-13)11-19-10-12-9-14(17)7-8-15(12)18/h2-9,19-20H,10-11H2,1H3. The quantitative estimate of drug-likeness (QED) is 0.873. The van der Waals surface area contributed by atoms with Crippen molar-refractivity contribution in [3.63, 3.8) is 0 Å². The van der Waals surface area contributed by atoms with Crippen molar-refractivity contribution in [1.29, 1.82) is 0 Å². The molecule has 2 aromatic carbocycles. The summed E-state index contributed by atoms with van der Waals surface area (Å²) in [6.45, 7) is 2.46. The van der Waals surface area contributed by atoms with Crippen molar-refractivity contribution < 1.29 is 9.50 Å². The molecule has 0 spiro atoms. The molecule has 2 aromatic rings. The van der Waals surface area contributed by atoms with Crippen LogP contribution in [0.1, 0.15) is 18.1 Å². The van der Waals surface area contributed by atoms with Crippen LogP contribution in [0.5, 0.6) is 0 Å². The van der Waals surface area contributed by atoms with Crippen LogP contribution < -0.4 is 5.32 Å². The van der Waals surface area contributed by atoms with Gasteiger partial charge >= 0.3 is 0 Å². The fraction of sp³-hybridized carbons (Fsp3) is 0.250. The van der Waals surface area contributed by atoms with Gasteiger partial charge in [-0.3, -0.25) is 0 Å². The maximum atomic E-state index is 13.6. The molecule has 2 N–H and O–H groups in total. The van der Waals surface area contributed by atoms with Gasteiger partial charge in [-0.05, 0) is 30.7 Å². The van der Waals surface area contributed by atoms with Crippen LogP contribution in [0.3, 0.4) is 0 Å². The van der Waals surface area contributed by atoms with E-state index in [1.807, 2.05) is 30.3 Å². The molecule has 0 amide bonds. The van der Waals surface area contributed by atoms with Gasteiger partial charge in [0.2, 0.25) is 0 Å². The summed E-state index contributed by atoms with van der Waals surface area (Å²) >= 11 is 3.32. The van der Waals surface area contributed by atoms with Gasteiger partial charge in [0.05, 0.1) is 5.60 Å². The highest BCUT2D eigenvalue weighted by Gasteiger charge is 2.22. The summed E-state index contributed by atoms with van der Waals surface area (Å²) in [7, 11) is 0. The van der Waals surface area contributed by atoms with Crippen LogP contribution >= 0.6 is 15.9 Å². The maximum absolute atomic E-state index is 13.6. The van der Waals surface area contributed by atoms with Gasteiger partial charge < -0.3 is 10.4 Å². The lowest BCUT2D eigenvalue weighted by molar-refractivity contribution is 0.0566. The zero-order chi connectivity index (χ0) is 14.6. The Morgan fingerprint density at radius 3 is 2.60 bits per heavy atom. The van der Waals surface area contributed by atoms with E-state index in [9.17, 15) is 9.50 Å². The summed E-state index contributed by atoms with van der Waals surface area (Å²) in [6, 6.07) is 14.3. The van der Waals surface area contributed by atoms with Crippen LogP contribution in [0.4, 0.5) is 4.39 Å². The Morgan fingerprint density at radius 2 is 1.90 bits per heavy atom. The molecule has 4 heteroatoms.